The summed E-state index contributed by atoms with van der Waals surface area (Å²) in [5.41, 5.74) is 6.27. The third kappa shape index (κ3) is 18.7. The Morgan fingerprint density at radius 1 is 0.662 bits per heavy atom. The van der Waals surface area contributed by atoms with Crippen LogP contribution in [0.3, 0.4) is 0 Å². The molecule has 19 atom stereocenters. The Morgan fingerprint density at radius 2 is 1.20 bits per heavy atom. The molecule has 3 rings (SSSR count). The van der Waals surface area contributed by atoms with Crippen LogP contribution in [0.5, 0.6) is 0 Å². The molecule has 65 heavy (non-hydrogen) atoms. The van der Waals surface area contributed by atoms with Crippen LogP contribution in [0, 0.1) is 23.7 Å². The minimum Gasteiger partial charge on any atom is -0.481 e. The fourth-order valence-electron chi connectivity index (χ4n) is 8.11. The van der Waals surface area contributed by atoms with Gasteiger partial charge in [-0.15, -0.1) is 0 Å². The lowest BCUT2D eigenvalue weighted by atomic mass is 9.82. The van der Waals surface area contributed by atoms with Crippen molar-refractivity contribution in [3.05, 3.63) is 85.1 Å². The molecule has 0 amide bonds. The van der Waals surface area contributed by atoms with E-state index in [9.17, 15) is 60.7 Å². The largest absolute Gasteiger partial charge is 0.481 e. The van der Waals surface area contributed by atoms with Gasteiger partial charge in [-0.3, -0.25) is 9.59 Å². The molecule has 3 heterocycles. The molecule has 0 spiro atoms. The summed E-state index contributed by atoms with van der Waals surface area (Å²) in [6, 6.07) is -0.705. The van der Waals surface area contributed by atoms with Crippen LogP contribution in [-0.2, 0) is 28.5 Å². The van der Waals surface area contributed by atoms with Gasteiger partial charge in [0, 0.05) is 37.1 Å². The first-order valence-electron chi connectivity index (χ1n) is 22.6. The minimum atomic E-state index is -2.33. The first-order valence-corrected chi connectivity index (χ1v) is 22.6. The summed E-state index contributed by atoms with van der Waals surface area (Å²) in [6.45, 7) is 8.83. The number of allylic oxidation sites excluding steroid dienone is 12. The highest BCUT2D eigenvalue weighted by atomic mass is 16.7. The highest BCUT2D eigenvalue weighted by molar-refractivity contribution is 5.71. The van der Waals surface area contributed by atoms with E-state index in [0.29, 0.717) is 0 Å². The number of nitrogens with two attached hydrogens (primary N) is 1. The number of carboxylic acids is 1. The van der Waals surface area contributed by atoms with Crippen molar-refractivity contribution in [2.75, 3.05) is 0 Å². The first-order chi connectivity index (χ1) is 30.6. The Labute approximate surface area is 382 Å². The number of esters is 1. The Hall–Kier alpha value is -3.40. The number of hydrogen-bond acceptors (Lipinski definition) is 16. The van der Waals surface area contributed by atoms with Crippen molar-refractivity contribution in [2.24, 2.45) is 29.4 Å². The van der Waals surface area contributed by atoms with Gasteiger partial charge in [0.05, 0.1) is 67.5 Å². The summed E-state index contributed by atoms with van der Waals surface area (Å²) in [4.78, 5) is 25.1. The summed E-state index contributed by atoms with van der Waals surface area (Å²) < 4.78 is 23.5. The lowest BCUT2D eigenvalue weighted by Gasteiger charge is -2.45. The number of cyclic esters (lactones) is 1. The smallest absolute Gasteiger partial charge is 0.311 e. The van der Waals surface area contributed by atoms with E-state index < -0.39 is 134 Å². The summed E-state index contributed by atoms with van der Waals surface area (Å²) >= 11 is 0. The van der Waals surface area contributed by atoms with Crippen LogP contribution in [0.4, 0.5) is 0 Å². The molecule has 2 fully saturated rings. The second kappa shape index (κ2) is 27.4. The number of carbonyl (C=O) groups is 2. The molecule has 368 valence electrons. The predicted molar refractivity (Wildman–Crippen MR) is 240 cm³/mol. The minimum absolute atomic E-state index is 0.125. The van der Waals surface area contributed by atoms with Gasteiger partial charge in [-0.05, 0) is 45.4 Å². The zero-order valence-electron chi connectivity index (χ0n) is 38.1. The van der Waals surface area contributed by atoms with Gasteiger partial charge in [0.1, 0.15) is 18.1 Å². The SMILES string of the molecule is CC1OC(O[C@H]2C=C/C=C/C=C/C=C/C=C/C=C/C=C/[C@H](C)[C@@H](O)[C@@H](C)[C@H](C)OC(=O)C[C@H](O)C[C@H](O)C[C@H](O)CC[C@@H](O)[C@H](O)C[C@]3(O)C[C@H](O)[C@@H](C(=O)O)C(C2)O3)C(O)C(N)C1C. The highest BCUT2D eigenvalue weighted by Gasteiger charge is 2.51. The Morgan fingerprint density at radius 3 is 1.78 bits per heavy atom. The lowest BCUT2D eigenvalue weighted by molar-refractivity contribution is -0.308. The van der Waals surface area contributed by atoms with Gasteiger partial charge in [-0.25, -0.2) is 0 Å². The number of hydrogen-bond donors (Lipinski definition) is 11. The maximum absolute atomic E-state index is 12.6. The summed E-state index contributed by atoms with van der Waals surface area (Å²) in [5, 5.41) is 108. The maximum atomic E-state index is 12.6. The van der Waals surface area contributed by atoms with Crippen molar-refractivity contribution in [1.29, 1.82) is 0 Å². The molecule has 0 saturated carbocycles. The lowest BCUT2D eigenvalue weighted by Crippen LogP contribution is -2.59. The number of carboxylic acid groups (broad SMARTS) is 1. The summed E-state index contributed by atoms with van der Waals surface area (Å²) in [6.07, 6.45) is 6.34. The molecule has 6 unspecified atom stereocenters. The van der Waals surface area contributed by atoms with Crippen LogP contribution < -0.4 is 5.73 Å². The Bertz CT molecular complexity index is 1660. The molecule has 3 aliphatic heterocycles. The number of aliphatic hydroxyl groups excluding tert-OH is 8. The van der Waals surface area contributed by atoms with E-state index in [1.165, 1.54) is 0 Å². The third-order valence-electron chi connectivity index (χ3n) is 12.5. The molecule has 2 bridgehead atoms. The normalized spacial score (nSPS) is 45.0. The molecular formula is C48H75NO16. The fourth-order valence-corrected chi connectivity index (χ4v) is 8.11. The van der Waals surface area contributed by atoms with Crippen LogP contribution in [0.2, 0.25) is 0 Å². The topological polar surface area (TPSA) is 299 Å². The van der Waals surface area contributed by atoms with Gasteiger partial charge < -0.3 is 75.7 Å². The number of fused-ring (bicyclic) bond motifs is 2. The van der Waals surface area contributed by atoms with E-state index in [1.54, 1.807) is 69.4 Å². The number of rotatable bonds is 3. The molecule has 12 N–H and O–H groups in total. The van der Waals surface area contributed by atoms with Gasteiger partial charge in [0.15, 0.2) is 12.1 Å². The number of carbonyl (C=O) groups excluding carboxylic acids is 1. The molecule has 0 aromatic heterocycles. The molecular weight excluding hydrogens is 847 g/mol. The molecule has 0 aromatic rings. The van der Waals surface area contributed by atoms with E-state index in [2.05, 4.69) is 0 Å². The van der Waals surface area contributed by atoms with E-state index >= 15 is 0 Å². The van der Waals surface area contributed by atoms with E-state index in [4.69, 9.17) is 24.7 Å². The van der Waals surface area contributed by atoms with Gasteiger partial charge in [0.2, 0.25) is 0 Å². The van der Waals surface area contributed by atoms with Crippen molar-refractivity contribution in [3.63, 3.8) is 0 Å². The quantitative estimate of drug-likeness (QED) is 0.180. The molecule has 17 nitrogen and oxygen atoms in total. The van der Waals surface area contributed by atoms with Gasteiger partial charge in [-0.1, -0.05) is 106 Å². The molecule has 0 radical (unpaired) electrons. The molecule has 3 aliphatic rings. The van der Waals surface area contributed by atoms with Crippen LogP contribution in [0.1, 0.15) is 86.0 Å². The van der Waals surface area contributed by atoms with Gasteiger partial charge >= 0.3 is 11.9 Å². The number of aliphatic carboxylic acids is 1. The summed E-state index contributed by atoms with van der Waals surface area (Å²) in [7, 11) is 0. The second-order valence-electron chi connectivity index (χ2n) is 17.9. The van der Waals surface area contributed by atoms with Crippen molar-refractivity contribution in [3.8, 4) is 0 Å². The highest BCUT2D eigenvalue weighted by Crippen LogP contribution is 2.38. The standard InChI is InChI=1S/C48H75NO16/c1-28-18-16-14-12-10-8-6-7-9-11-13-15-17-19-36(64-47-45(58)43(49)29(2)31(4)63-47)25-40-42(46(59)60)39(55)27-48(61,65-40)26-38(54)37(53)21-20-33(50)22-34(51)23-35(52)24-41(56)62-32(5)30(3)44(28)57/h6-19,28-40,42-45,47,50-55,57-58,61H,20-27,49H2,1-5H3,(H,59,60)/b7-6+,10-8+,11-9+,14-12+,15-13+,18-16+,19-17?/t28-,29?,30-,31?,32-,33+,34+,35+,36-,37+,38+,39-,40?,42+,43?,44+,45?,47?,48+/m0/s1. The van der Waals surface area contributed by atoms with Crippen molar-refractivity contribution >= 4 is 11.9 Å². The fraction of sp³-hybridized carbons (Fsp3) is 0.667. The third-order valence-corrected chi connectivity index (χ3v) is 12.5. The zero-order chi connectivity index (χ0) is 48.4. The molecule has 17 heteroatoms. The monoisotopic (exact) mass is 922 g/mol. The van der Waals surface area contributed by atoms with Crippen LogP contribution in [0.15, 0.2) is 85.1 Å². The number of ether oxygens (including phenoxy) is 4. The predicted octanol–water partition coefficient (Wildman–Crippen LogP) is 1.99. The average Bonchev–Trinajstić information content (AvgIpc) is 3.21. The molecule has 0 aromatic carbocycles. The zero-order valence-corrected chi connectivity index (χ0v) is 38.1. The average molecular weight is 922 g/mol. The molecule has 0 aliphatic carbocycles. The Kier molecular flexibility index (Phi) is 23.6. The maximum Gasteiger partial charge on any atom is 0.311 e. The van der Waals surface area contributed by atoms with E-state index in [0.717, 1.165) is 0 Å². The van der Waals surface area contributed by atoms with Crippen LogP contribution in [-0.4, -0.2) is 154 Å². The Balaban J connectivity index is 1.86. The van der Waals surface area contributed by atoms with E-state index in [-0.39, 0.29) is 43.9 Å². The van der Waals surface area contributed by atoms with E-state index in [1.807, 2.05) is 50.3 Å². The van der Waals surface area contributed by atoms with Crippen molar-refractivity contribution < 1.29 is 79.6 Å². The summed E-state index contributed by atoms with van der Waals surface area (Å²) in [5.74, 6) is -6.97. The number of aliphatic hydroxyl groups is 9. The molecule has 2 saturated heterocycles. The van der Waals surface area contributed by atoms with Crippen molar-refractivity contribution in [2.45, 2.75) is 177 Å². The second-order valence-corrected chi connectivity index (χ2v) is 17.9. The van der Waals surface area contributed by atoms with Crippen LogP contribution >= 0.6 is 0 Å². The first kappa shape index (κ1) is 55.9. The van der Waals surface area contributed by atoms with Gasteiger partial charge in [-0.2, -0.15) is 0 Å². The van der Waals surface area contributed by atoms with Crippen LogP contribution in [0.25, 0.3) is 0 Å². The van der Waals surface area contributed by atoms with Crippen molar-refractivity contribution in [1.82, 2.24) is 0 Å². The van der Waals surface area contributed by atoms with Gasteiger partial charge in [0.25, 0.3) is 0 Å².